The van der Waals surface area contributed by atoms with Crippen LogP contribution in [0, 0.1) is 10.5 Å². The fraction of sp³-hybridized carbons (Fsp3) is 0.111. The molecule has 0 heterocycles. The highest BCUT2D eigenvalue weighted by molar-refractivity contribution is 14.1. The smallest absolute Gasteiger partial charge is 0.0661 e. The molecule has 3 aromatic carbocycles. The average molecular weight is 516 g/mol. The van der Waals surface area contributed by atoms with Gasteiger partial charge in [-0.25, -0.2) is 0 Å². The molecule has 0 radical (unpaired) electrons. The van der Waals surface area contributed by atoms with Gasteiger partial charge >= 0.3 is 0 Å². The van der Waals surface area contributed by atoms with Gasteiger partial charge in [-0.2, -0.15) is 0 Å². The van der Waals surface area contributed by atoms with Crippen LogP contribution in [0.2, 0.25) is 0 Å². The van der Waals surface area contributed by atoms with E-state index in [9.17, 15) is 0 Å². The largest absolute Gasteiger partial charge is 0.0786 e. The van der Waals surface area contributed by atoms with Gasteiger partial charge < -0.3 is 0 Å². The van der Waals surface area contributed by atoms with Gasteiger partial charge in [-0.15, -0.1) is 0 Å². The van der Waals surface area contributed by atoms with Gasteiger partial charge in [0.05, 0.1) is 4.83 Å². The highest BCUT2D eigenvalue weighted by Gasteiger charge is 2.16. The lowest BCUT2D eigenvalue weighted by Crippen LogP contribution is -1.98. The monoisotopic (exact) mass is 514 g/mol. The lowest BCUT2D eigenvalue weighted by Gasteiger charge is -2.17. The van der Waals surface area contributed by atoms with Crippen LogP contribution in [0.25, 0.3) is 10.8 Å². The third-order valence-corrected chi connectivity index (χ3v) is 6.14. The van der Waals surface area contributed by atoms with E-state index in [4.69, 9.17) is 0 Å². The summed E-state index contributed by atoms with van der Waals surface area (Å²) in [7, 11) is 0. The maximum absolute atomic E-state index is 3.90. The maximum atomic E-state index is 3.90. The Labute approximate surface area is 155 Å². The SMILES string of the molecule is Cc1ccc(C(Br)c2cc(Br)ccc2I)c2ccccc12. The van der Waals surface area contributed by atoms with Crippen LogP contribution in [0.1, 0.15) is 21.5 Å². The molecular formula is C18H13Br2I. The highest BCUT2D eigenvalue weighted by atomic mass is 127. The molecule has 0 bridgehead atoms. The van der Waals surface area contributed by atoms with Crippen LogP contribution in [0.4, 0.5) is 0 Å². The van der Waals surface area contributed by atoms with E-state index in [-0.39, 0.29) is 4.83 Å². The fourth-order valence-electron chi connectivity index (χ4n) is 2.57. The van der Waals surface area contributed by atoms with E-state index in [1.54, 1.807) is 0 Å². The standard InChI is InChI=1S/C18H13Br2I/c1-11-6-8-15(14-5-3-2-4-13(11)14)18(20)16-10-12(19)7-9-17(16)21/h2-10,18H,1H3. The minimum absolute atomic E-state index is 0.187. The molecule has 106 valence electrons. The van der Waals surface area contributed by atoms with Crippen LogP contribution >= 0.6 is 54.5 Å². The fourth-order valence-corrected chi connectivity index (χ4v) is 4.80. The zero-order valence-electron chi connectivity index (χ0n) is 11.4. The number of halogens is 3. The van der Waals surface area contributed by atoms with Gasteiger partial charge in [0.1, 0.15) is 0 Å². The second-order valence-electron chi connectivity index (χ2n) is 5.05. The van der Waals surface area contributed by atoms with E-state index < -0.39 is 0 Å². The second kappa shape index (κ2) is 6.39. The van der Waals surface area contributed by atoms with Crippen molar-refractivity contribution in [2.24, 2.45) is 0 Å². The molecule has 0 aliphatic carbocycles. The van der Waals surface area contributed by atoms with Gasteiger partial charge in [-0.1, -0.05) is 68.3 Å². The highest BCUT2D eigenvalue weighted by Crippen LogP contribution is 2.39. The Morgan fingerprint density at radius 3 is 2.38 bits per heavy atom. The summed E-state index contributed by atoms with van der Waals surface area (Å²) in [5, 5.41) is 2.64. The summed E-state index contributed by atoms with van der Waals surface area (Å²) in [5.41, 5.74) is 3.92. The molecule has 0 saturated carbocycles. The van der Waals surface area contributed by atoms with E-state index in [2.05, 4.69) is 116 Å². The number of alkyl halides is 1. The van der Waals surface area contributed by atoms with Gasteiger partial charge in [0, 0.05) is 8.04 Å². The molecule has 1 unspecified atom stereocenters. The number of rotatable bonds is 2. The van der Waals surface area contributed by atoms with Gasteiger partial charge in [0.2, 0.25) is 0 Å². The van der Waals surface area contributed by atoms with Crippen LogP contribution in [0.15, 0.2) is 59.1 Å². The maximum Gasteiger partial charge on any atom is 0.0661 e. The van der Waals surface area contributed by atoms with Crippen LogP contribution in [-0.4, -0.2) is 0 Å². The van der Waals surface area contributed by atoms with Crippen molar-refractivity contribution in [2.75, 3.05) is 0 Å². The predicted octanol–water partition coefficient (Wildman–Crippen LogP) is 7.00. The first-order valence-corrected chi connectivity index (χ1v) is 9.44. The molecule has 3 aromatic rings. The normalized spacial score (nSPS) is 12.6. The first-order chi connectivity index (χ1) is 10.1. The van der Waals surface area contributed by atoms with Crippen LogP contribution < -0.4 is 0 Å². The Balaban J connectivity index is 2.20. The molecule has 1 atom stereocenters. The summed E-state index contributed by atoms with van der Waals surface area (Å²) >= 11 is 9.87. The molecule has 0 spiro atoms. The zero-order valence-corrected chi connectivity index (χ0v) is 16.7. The van der Waals surface area contributed by atoms with Gasteiger partial charge in [-0.3, -0.25) is 0 Å². The van der Waals surface area contributed by atoms with E-state index in [1.165, 1.54) is 31.0 Å². The van der Waals surface area contributed by atoms with E-state index >= 15 is 0 Å². The summed E-state index contributed by atoms with van der Waals surface area (Å²) in [6.07, 6.45) is 0. The van der Waals surface area contributed by atoms with E-state index in [0.717, 1.165) is 4.47 Å². The van der Waals surface area contributed by atoms with E-state index in [0.29, 0.717) is 0 Å². The third-order valence-electron chi connectivity index (χ3n) is 3.68. The Bertz CT molecular complexity index is 811. The van der Waals surface area contributed by atoms with Crippen LogP contribution in [0.5, 0.6) is 0 Å². The number of hydrogen-bond donors (Lipinski definition) is 0. The number of aryl methyl sites for hydroxylation is 1. The second-order valence-corrected chi connectivity index (χ2v) is 8.04. The average Bonchev–Trinajstić information content (AvgIpc) is 2.50. The molecule has 0 nitrogen and oxygen atoms in total. The summed E-state index contributed by atoms with van der Waals surface area (Å²) in [6, 6.07) is 19.5. The van der Waals surface area contributed by atoms with Gasteiger partial charge in [-0.05, 0) is 75.2 Å². The third kappa shape index (κ3) is 3.06. The molecule has 0 saturated heterocycles. The molecular weight excluding hydrogens is 503 g/mol. The van der Waals surface area contributed by atoms with Crippen molar-refractivity contribution in [3.63, 3.8) is 0 Å². The Morgan fingerprint density at radius 1 is 0.905 bits per heavy atom. The first kappa shape index (κ1) is 15.5. The zero-order chi connectivity index (χ0) is 15.0. The summed E-state index contributed by atoms with van der Waals surface area (Å²) in [4.78, 5) is 0.187. The number of hydrogen-bond acceptors (Lipinski definition) is 0. The van der Waals surface area contributed by atoms with Crippen molar-refractivity contribution in [2.45, 2.75) is 11.8 Å². The van der Waals surface area contributed by atoms with E-state index in [1.807, 2.05) is 0 Å². The molecule has 0 N–H and O–H groups in total. The van der Waals surface area contributed by atoms with Crippen molar-refractivity contribution in [3.05, 3.63) is 79.3 Å². The van der Waals surface area contributed by atoms with Crippen LogP contribution in [0.3, 0.4) is 0 Å². The van der Waals surface area contributed by atoms with Crippen molar-refractivity contribution in [1.29, 1.82) is 0 Å². The van der Waals surface area contributed by atoms with Crippen molar-refractivity contribution in [3.8, 4) is 0 Å². The molecule has 3 rings (SSSR count). The predicted molar refractivity (Wildman–Crippen MR) is 106 cm³/mol. The first-order valence-electron chi connectivity index (χ1n) is 6.65. The summed E-state index contributed by atoms with van der Waals surface area (Å²) in [6.45, 7) is 2.16. The number of fused-ring (bicyclic) bond motifs is 1. The molecule has 0 fully saturated rings. The lowest BCUT2D eigenvalue weighted by molar-refractivity contribution is 1.17. The Hall–Kier alpha value is -0.390. The molecule has 0 aliphatic heterocycles. The molecule has 0 aromatic heterocycles. The van der Waals surface area contributed by atoms with Crippen molar-refractivity contribution in [1.82, 2.24) is 0 Å². The molecule has 0 aliphatic rings. The number of benzene rings is 3. The molecule has 3 heteroatoms. The quantitative estimate of drug-likeness (QED) is 0.255. The Kier molecular flexibility index (Phi) is 4.71. The van der Waals surface area contributed by atoms with Crippen molar-refractivity contribution < 1.29 is 0 Å². The van der Waals surface area contributed by atoms with Gasteiger partial charge in [0.15, 0.2) is 0 Å². The van der Waals surface area contributed by atoms with Gasteiger partial charge in [0.25, 0.3) is 0 Å². The molecule has 21 heavy (non-hydrogen) atoms. The minimum Gasteiger partial charge on any atom is -0.0786 e. The van der Waals surface area contributed by atoms with Crippen molar-refractivity contribution >= 4 is 65.2 Å². The molecule has 0 amide bonds. The lowest BCUT2D eigenvalue weighted by atomic mass is 9.96. The van der Waals surface area contributed by atoms with Crippen LogP contribution in [-0.2, 0) is 0 Å². The minimum atomic E-state index is 0.187. The summed E-state index contributed by atoms with van der Waals surface area (Å²) in [5.74, 6) is 0. The Morgan fingerprint density at radius 2 is 1.62 bits per heavy atom. The topological polar surface area (TPSA) is 0 Å². The summed E-state index contributed by atoms with van der Waals surface area (Å²) < 4.78 is 2.38.